The highest BCUT2D eigenvalue weighted by molar-refractivity contribution is 7.92. The minimum absolute atomic E-state index is 0.0356. The highest BCUT2D eigenvalue weighted by atomic mass is 32.2. The molecule has 210 valence electrons. The number of methoxy groups -OCH3 is 1. The van der Waals surface area contributed by atoms with E-state index in [9.17, 15) is 26.8 Å². The molecule has 0 aliphatic rings. The lowest BCUT2D eigenvalue weighted by molar-refractivity contribution is -0.141. The van der Waals surface area contributed by atoms with Gasteiger partial charge >= 0.3 is 0 Å². The average molecular weight is 554 g/mol. The van der Waals surface area contributed by atoms with Crippen molar-refractivity contribution in [3.05, 3.63) is 59.7 Å². The van der Waals surface area contributed by atoms with Crippen molar-refractivity contribution >= 4 is 27.5 Å². The molecule has 0 bridgehead atoms. The van der Waals surface area contributed by atoms with Crippen LogP contribution in [0.3, 0.4) is 0 Å². The number of benzene rings is 2. The number of nitrogens with one attached hydrogen (secondary N) is 1. The van der Waals surface area contributed by atoms with Crippen molar-refractivity contribution in [1.29, 1.82) is 0 Å². The Morgan fingerprint density at radius 2 is 1.79 bits per heavy atom. The van der Waals surface area contributed by atoms with Gasteiger partial charge in [-0.25, -0.2) is 17.2 Å². The second-order valence-electron chi connectivity index (χ2n) is 9.47. The van der Waals surface area contributed by atoms with Crippen LogP contribution in [0, 0.1) is 17.6 Å². The first-order valence-electron chi connectivity index (χ1n) is 12.5. The van der Waals surface area contributed by atoms with Crippen LogP contribution in [0.4, 0.5) is 14.5 Å². The Morgan fingerprint density at radius 3 is 2.37 bits per heavy atom. The summed E-state index contributed by atoms with van der Waals surface area (Å²) in [4.78, 5) is 28.0. The number of carbonyl (C=O) groups excluding carboxylic acids is 2. The highest BCUT2D eigenvalue weighted by Gasteiger charge is 2.29. The van der Waals surface area contributed by atoms with Gasteiger partial charge in [0.15, 0.2) is 11.6 Å². The Hall–Kier alpha value is -3.21. The van der Waals surface area contributed by atoms with Gasteiger partial charge in [0.1, 0.15) is 11.8 Å². The van der Waals surface area contributed by atoms with Crippen LogP contribution in [0.2, 0.25) is 0 Å². The molecule has 0 radical (unpaired) electrons. The average Bonchev–Trinajstić information content (AvgIpc) is 2.86. The van der Waals surface area contributed by atoms with E-state index in [-0.39, 0.29) is 49.4 Å². The number of amides is 2. The zero-order valence-corrected chi connectivity index (χ0v) is 23.4. The Bertz CT molecular complexity index is 1210. The SMILES string of the molecule is CCC(C(=O)NCC(C)C)N(Cc1cccc(OC)c1)C(=O)CCCN(c1ccc(F)c(F)c1)S(C)(=O)=O. The first-order chi connectivity index (χ1) is 17.9. The lowest BCUT2D eigenvalue weighted by Crippen LogP contribution is -2.49. The van der Waals surface area contributed by atoms with E-state index < -0.39 is 27.7 Å². The topological polar surface area (TPSA) is 96.0 Å². The first kappa shape index (κ1) is 31.0. The fraction of sp³-hybridized carbons (Fsp3) is 0.481. The number of ether oxygens (including phenoxy) is 1. The zero-order chi connectivity index (χ0) is 28.5. The van der Waals surface area contributed by atoms with Crippen molar-refractivity contribution < 1.29 is 31.5 Å². The van der Waals surface area contributed by atoms with Crippen LogP contribution >= 0.6 is 0 Å². The largest absolute Gasteiger partial charge is 0.497 e. The molecule has 0 aliphatic carbocycles. The molecule has 1 unspecified atom stereocenters. The van der Waals surface area contributed by atoms with E-state index in [1.807, 2.05) is 26.8 Å². The summed E-state index contributed by atoms with van der Waals surface area (Å²) in [5.41, 5.74) is 0.735. The number of halogens is 2. The number of nitrogens with zero attached hydrogens (tertiary/aromatic N) is 2. The Balaban J connectivity index is 2.25. The molecule has 0 aliphatic heterocycles. The minimum atomic E-state index is -3.83. The van der Waals surface area contributed by atoms with Gasteiger partial charge in [-0.3, -0.25) is 13.9 Å². The Kier molecular flexibility index (Phi) is 11.5. The lowest BCUT2D eigenvalue weighted by atomic mass is 10.1. The van der Waals surface area contributed by atoms with Gasteiger partial charge in [-0.1, -0.05) is 32.9 Å². The predicted octanol–water partition coefficient (Wildman–Crippen LogP) is 4.10. The molecule has 2 aromatic carbocycles. The number of hydrogen-bond acceptors (Lipinski definition) is 5. The summed E-state index contributed by atoms with van der Waals surface area (Å²) < 4.78 is 58.1. The third kappa shape index (κ3) is 8.97. The van der Waals surface area contributed by atoms with Gasteiger partial charge in [-0.05, 0) is 48.6 Å². The molecule has 0 saturated carbocycles. The molecule has 0 fully saturated rings. The third-order valence-corrected chi connectivity index (χ3v) is 7.09. The fourth-order valence-electron chi connectivity index (χ4n) is 3.95. The van der Waals surface area contributed by atoms with E-state index in [1.54, 1.807) is 18.2 Å². The Labute approximate surface area is 224 Å². The van der Waals surface area contributed by atoms with Gasteiger partial charge in [0.2, 0.25) is 21.8 Å². The molecule has 1 atom stereocenters. The molecular weight excluding hydrogens is 516 g/mol. The number of carbonyl (C=O) groups is 2. The molecule has 1 N–H and O–H groups in total. The maximum atomic E-state index is 13.8. The smallest absolute Gasteiger partial charge is 0.242 e. The van der Waals surface area contributed by atoms with Gasteiger partial charge in [-0.2, -0.15) is 0 Å². The van der Waals surface area contributed by atoms with Crippen LogP contribution in [0.25, 0.3) is 0 Å². The second-order valence-corrected chi connectivity index (χ2v) is 11.4. The molecule has 2 amide bonds. The van der Waals surface area contributed by atoms with Crippen LogP contribution in [-0.2, 0) is 26.2 Å². The van der Waals surface area contributed by atoms with Crippen LogP contribution in [0.15, 0.2) is 42.5 Å². The molecule has 0 heterocycles. The summed E-state index contributed by atoms with van der Waals surface area (Å²) in [6.07, 6.45) is 1.37. The summed E-state index contributed by atoms with van der Waals surface area (Å²) in [6, 6.07) is 9.28. The van der Waals surface area contributed by atoms with E-state index >= 15 is 0 Å². The molecule has 0 saturated heterocycles. The fourth-order valence-corrected chi connectivity index (χ4v) is 4.91. The van der Waals surface area contributed by atoms with Crippen molar-refractivity contribution in [2.75, 3.05) is 30.8 Å². The van der Waals surface area contributed by atoms with Crippen LogP contribution in [0.1, 0.15) is 45.6 Å². The highest BCUT2D eigenvalue weighted by Crippen LogP contribution is 2.22. The van der Waals surface area contributed by atoms with Gasteiger partial charge < -0.3 is 15.0 Å². The molecule has 2 aromatic rings. The molecule has 38 heavy (non-hydrogen) atoms. The zero-order valence-electron chi connectivity index (χ0n) is 22.5. The van der Waals surface area contributed by atoms with Gasteiger partial charge in [0.25, 0.3) is 0 Å². The summed E-state index contributed by atoms with van der Waals surface area (Å²) in [6.45, 7) is 6.26. The quantitative estimate of drug-likeness (QED) is 0.380. The second kappa shape index (κ2) is 14.1. The first-order valence-corrected chi connectivity index (χ1v) is 14.3. The normalized spacial score (nSPS) is 12.2. The van der Waals surface area contributed by atoms with Crippen molar-refractivity contribution in [3.63, 3.8) is 0 Å². The Morgan fingerprint density at radius 1 is 1.08 bits per heavy atom. The van der Waals surface area contributed by atoms with E-state index in [1.165, 1.54) is 18.1 Å². The van der Waals surface area contributed by atoms with Crippen molar-refractivity contribution in [2.24, 2.45) is 5.92 Å². The van der Waals surface area contributed by atoms with Crippen LogP contribution in [0.5, 0.6) is 5.75 Å². The van der Waals surface area contributed by atoms with E-state index in [0.29, 0.717) is 18.7 Å². The van der Waals surface area contributed by atoms with Crippen molar-refractivity contribution in [1.82, 2.24) is 10.2 Å². The molecule has 11 heteroatoms. The van der Waals surface area contributed by atoms with Gasteiger partial charge in [0.05, 0.1) is 19.1 Å². The third-order valence-electron chi connectivity index (χ3n) is 5.90. The summed E-state index contributed by atoms with van der Waals surface area (Å²) in [7, 11) is -2.29. The van der Waals surface area contributed by atoms with E-state index in [0.717, 1.165) is 28.3 Å². The van der Waals surface area contributed by atoms with Crippen LogP contribution < -0.4 is 14.4 Å². The lowest BCUT2D eigenvalue weighted by Gasteiger charge is -2.31. The molecule has 0 aromatic heterocycles. The van der Waals surface area contributed by atoms with E-state index in [2.05, 4.69) is 5.32 Å². The summed E-state index contributed by atoms with van der Waals surface area (Å²) in [5.74, 6) is -2.02. The summed E-state index contributed by atoms with van der Waals surface area (Å²) in [5, 5.41) is 2.89. The monoisotopic (exact) mass is 553 g/mol. The number of anilines is 1. The number of hydrogen-bond donors (Lipinski definition) is 1. The maximum absolute atomic E-state index is 13.8. The van der Waals surface area contributed by atoms with Crippen molar-refractivity contribution in [2.45, 2.75) is 52.6 Å². The number of rotatable bonds is 14. The van der Waals surface area contributed by atoms with Gasteiger partial charge in [0, 0.05) is 32.1 Å². The number of sulfonamides is 1. The van der Waals surface area contributed by atoms with Crippen LogP contribution in [-0.4, -0.2) is 57.6 Å². The van der Waals surface area contributed by atoms with E-state index in [4.69, 9.17) is 4.74 Å². The minimum Gasteiger partial charge on any atom is -0.497 e. The summed E-state index contributed by atoms with van der Waals surface area (Å²) >= 11 is 0. The molecule has 2 rings (SSSR count). The standard InChI is InChI=1S/C27H37F2N3O5S/c1-6-25(27(34)30-17-19(2)3)31(18-20-9-7-10-22(15-20)37-4)26(33)11-8-14-32(38(5,35)36)21-12-13-23(28)24(29)16-21/h7,9-10,12-13,15-16,19,25H,6,8,11,14,17-18H2,1-5H3,(H,30,34). The molecule has 8 nitrogen and oxygen atoms in total. The van der Waals surface area contributed by atoms with Crippen molar-refractivity contribution in [3.8, 4) is 5.75 Å². The van der Waals surface area contributed by atoms with Gasteiger partial charge in [-0.15, -0.1) is 0 Å². The molecule has 0 spiro atoms. The predicted molar refractivity (Wildman–Crippen MR) is 143 cm³/mol. The molecular formula is C27H37F2N3O5S. The maximum Gasteiger partial charge on any atom is 0.242 e.